The van der Waals surface area contributed by atoms with Crippen molar-refractivity contribution in [2.45, 2.75) is 6.92 Å². The zero-order valence-corrected chi connectivity index (χ0v) is 6.57. The minimum absolute atomic E-state index is 0.0347. The number of hydrogen-bond acceptors (Lipinski definition) is 4. The van der Waals surface area contributed by atoms with Gasteiger partial charge in [-0.1, -0.05) is 0 Å². The van der Waals surface area contributed by atoms with E-state index in [9.17, 15) is 10.1 Å². The van der Waals surface area contributed by atoms with Gasteiger partial charge in [-0.25, -0.2) is 0 Å². The van der Waals surface area contributed by atoms with E-state index in [0.29, 0.717) is 16.9 Å². The lowest BCUT2D eigenvalue weighted by atomic mass is 10.1. The molecule has 0 saturated carbocycles. The minimum Gasteiger partial charge on any atom is -0.398 e. The van der Waals surface area contributed by atoms with Crippen LogP contribution in [-0.4, -0.2) is 4.92 Å². The van der Waals surface area contributed by atoms with E-state index in [1.165, 1.54) is 12.1 Å². The molecule has 0 spiro atoms. The molecule has 4 N–H and O–H groups in total. The first-order chi connectivity index (χ1) is 5.52. The van der Waals surface area contributed by atoms with E-state index >= 15 is 0 Å². The third-order valence-corrected chi connectivity index (χ3v) is 1.64. The number of benzene rings is 1. The third kappa shape index (κ3) is 1.29. The van der Waals surface area contributed by atoms with Crippen molar-refractivity contribution >= 4 is 17.1 Å². The monoisotopic (exact) mass is 169 g/mol. The molecule has 64 valence electrons. The predicted molar refractivity (Wildman–Crippen MR) is 46.7 cm³/mol. The molecule has 5 heteroatoms. The summed E-state index contributed by atoms with van der Waals surface area (Å²) in [6.45, 7) is 1.59. The lowest BCUT2D eigenvalue weighted by Crippen LogP contribution is -1.98. The van der Waals surface area contributed by atoms with Gasteiger partial charge in [0, 0.05) is 23.0 Å². The Labute approximate surface area is 69.1 Å². The SMILES string of the molecule is Cc1c([15NH2])cc([15NH2])cc1[N+](=O)[O-]. The van der Waals surface area contributed by atoms with E-state index < -0.39 is 4.92 Å². The van der Waals surface area contributed by atoms with E-state index in [2.05, 4.69) is 0 Å². The number of nitro groups is 1. The van der Waals surface area contributed by atoms with Crippen LogP contribution < -0.4 is 11.5 Å². The normalized spacial score (nSPS) is 9.75. The molecule has 0 aliphatic rings. The fourth-order valence-electron chi connectivity index (χ4n) is 0.933. The molecule has 1 aromatic carbocycles. The van der Waals surface area contributed by atoms with Gasteiger partial charge >= 0.3 is 0 Å². The minimum atomic E-state index is -0.498. The van der Waals surface area contributed by atoms with Crippen molar-refractivity contribution in [2.75, 3.05) is 11.5 Å². The molecule has 0 aromatic heterocycles. The maximum atomic E-state index is 10.4. The van der Waals surface area contributed by atoms with Gasteiger partial charge in [-0.05, 0) is 13.0 Å². The topological polar surface area (TPSA) is 95.2 Å². The first kappa shape index (κ1) is 8.32. The molecule has 0 unspecified atom stereocenters. The van der Waals surface area contributed by atoms with E-state index in [0.717, 1.165) is 0 Å². The molecular formula is C7H9N3O2. The van der Waals surface area contributed by atoms with Crippen LogP contribution in [0.2, 0.25) is 0 Å². The fraction of sp³-hybridized carbons (Fsp3) is 0.143. The van der Waals surface area contributed by atoms with Crippen LogP contribution in [0.1, 0.15) is 5.56 Å². The number of hydrogen-bond donors (Lipinski definition) is 2. The van der Waals surface area contributed by atoms with Crippen molar-refractivity contribution in [1.82, 2.24) is 0 Å². The average Bonchev–Trinajstić information content (AvgIpc) is 1.96. The van der Waals surface area contributed by atoms with E-state index in [4.69, 9.17) is 11.5 Å². The van der Waals surface area contributed by atoms with Crippen molar-refractivity contribution in [1.29, 1.82) is 0 Å². The number of rotatable bonds is 1. The number of nitrogens with zero attached hydrogens (tertiary/aromatic N) is 1. The number of anilines is 2. The molecule has 0 heterocycles. The van der Waals surface area contributed by atoms with Gasteiger partial charge < -0.3 is 11.5 Å². The molecule has 5 nitrogen and oxygen atoms in total. The van der Waals surface area contributed by atoms with Crippen LogP contribution in [0.15, 0.2) is 12.1 Å². The maximum absolute atomic E-state index is 10.4. The van der Waals surface area contributed by atoms with Crippen molar-refractivity contribution in [3.63, 3.8) is 0 Å². The zero-order chi connectivity index (χ0) is 9.30. The smallest absolute Gasteiger partial charge is 0.276 e. The van der Waals surface area contributed by atoms with E-state index in [1.54, 1.807) is 6.92 Å². The molecule has 0 atom stereocenters. The van der Waals surface area contributed by atoms with Gasteiger partial charge in [0.1, 0.15) is 0 Å². The summed E-state index contributed by atoms with van der Waals surface area (Å²) < 4.78 is 0. The van der Waals surface area contributed by atoms with Gasteiger partial charge in [0.05, 0.1) is 4.92 Å². The number of nitrogen functional groups attached to an aromatic ring is 2. The summed E-state index contributed by atoms with van der Waals surface area (Å²) in [6, 6.07) is 2.80. The number of nitro benzene ring substituents is 1. The highest BCUT2D eigenvalue weighted by Crippen LogP contribution is 2.26. The van der Waals surface area contributed by atoms with Crippen molar-refractivity contribution in [3.8, 4) is 0 Å². The Kier molecular flexibility index (Phi) is 1.86. The first-order valence-corrected chi connectivity index (χ1v) is 3.32. The number of nitrogens with two attached hydrogens (primary N) is 2. The van der Waals surface area contributed by atoms with Crippen LogP contribution in [0.3, 0.4) is 0 Å². The van der Waals surface area contributed by atoms with Gasteiger partial charge in [-0.15, -0.1) is 0 Å². The standard InChI is InChI=1S/C7H9N3O2/c1-4-6(9)2-5(8)3-7(4)10(11)12/h2-3H,8-9H2,1H3/i8+1,9+1. The predicted octanol–water partition coefficient (Wildman–Crippen LogP) is 1.07. The molecule has 0 aliphatic carbocycles. The second-order valence-corrected chi connectivity index (χ2v) is 2.51. The van der Waals surface area contributed by atoms with Crippen LogP contribution in [0, 0.1) is 17.0 Å². The summed E-state index contributed by atoms with van der Waals surface area (Å²) in [7, 11) is 0. The van der Waals surface area contributed by atoms with Crippen LogP contribution in [0.5, 0.6) is 0 Å². The molecule has 0 fully saturated rings. The Morgan fingerprint density at radius 2 is 2.00 bits per heavy atom. The van der Waals surface area contributed by atoms with Crippen molar-refractivity contribution in [3.05, 3.63) is 27.8 Å². The van der Waals surface area contributed by atoms with Crippen LogP contribution in [0.4, 0.5) is 17.1 Å². The Morgan fingerprint density at radius 1 is 1.42 bits per heavy atom. The Balaban J connectivity index is 3.37. The highest BCUT2D eigenvalue weighted by atomic mass is 16.6. The van der Waals surface area contributed by atoms with Crippen LogP contribution in [-0.2, 0) is 0 Å². The van der Waals surface area contributed by atoms with Gasteiger partial charge in [-0.2, -0.15) is 0 Å². The van der Waals surface area contributed by atoms with E-state index in [-0.39, 0.29) is 5.69 Å². The summed E-state index contributed by atoms with van der Waals surface area (Å²) in [5, 5.41) is 10.4. The van der Waals surface area contributed by atoms with Crippen LogP contribution >= 0.6 is 0 Å². The lowest BCUT2D eigenvalue weighted by molar-refractivity contribution is -0.385. The summed E-state index contributed by atoms with van der Waals surface area (Å²) in [6.07, 6.45) is 0. The molecule has 1 rings (SSSR count). The molecule has 0 saturated heterocycles. The Bertz CT molecular complexity index is 336. The van der Waals surface area contributed by atoms with Crippen molar-refractivity contribution < 1.29 is 4.92 Å². The third-order valence-electron chi connectivity index (χ3n) is 1.64. The fourth-order valence-corrected chi connectivity index (χ4v) is 0.933. The van der Waals surface area contributed by atoms with E-state index in [1.807, 2.05) is 0 Å². The molecule has 1 aromatic rings. The highest BCUT2D eigenvalue weighted by molar-refractivity contribution is 5.65. The molecule has 12 heavy (non-hydrogen) atoms. The molecular weight excluding hydrogens is 160 g/mol. The Morgan fingerprint density at radius 3 is 2.50 bits per heavy atom. The summed E-state index contributed by atoms with van der Waals surface area (Å²) in [5.41, 5.74) is 11.9. The molecule has 0 aliphatic heterocycles. The van der Waals surface area contributed by atoms with Crippen LogP contribution in [0.25, 0.3) is 0 Å². The Hall–Kier alpha value is -1.78. The van der Waals surface area contributed by atoms with Gasteiger partial charge in [-0.3, -0.25) is 10.1 Å². The quantitative estimate of drug-likeness (QED) is 0.284. The zero-order valence-electron chi connectivity index (χ0n) is 6.57. The summed E-state index contributed by atoms with van der Waals surface area (Å²) >= 11 is 0. The largest absolute Gasteiger partial charge is 0.398 e. The summed E-state index contributed by atoms with van der Waals surface area (Å²) in [4.78, 5) is 9.92. The average molecular weight is 169 g/mol. The molecule has 0 radical (unpaired) electrons. The van der Waals surface area contributed by atoms with Gasteiger partial charge in [0.2, 0.25) is 0 Å². The van der Waals surface area contributed by atoms with Crippen molar-refractivity contribution in [2.24, 2.45) is 0 Å². The summed E-state index contributed by atoms with van der Waals surface area (Å²) in [5.74, 6) is 0. The molecule has 0 amide bonds. The highest BCUT2D eigenvalue weighted by Gasteiger charge is 2.12. The lowest BCUT2D eigenvalue weighted by Gasteiger charge is -2.02. The second kappa shape index (κ2) is 2.69. The van der Waals surface area contributed by atoms with Gasteiger partial charge in [0.25, 0.3) is 5.69 Å². The molecule has 0 bridgehead atoms. The second-order valence-electron chi connectivity index (χ2n) is 2.51. The maximum Gasteiger partial charge on any atom is 0.276 e. The van der Waals surface area contributed by atoms with Gasteiger partial charge in [0.15, 0.2) is 0 Å². The first-order valence-electron chi connectivity index (χ1n) is 3.32.